The van der Waals surface area contributed by atoms with Gasteiger partial charge in [0.05, 0.1) is 0 Å². The molecule has 0 unspecified atom stereocenters. The minimum atomic E-state index is -1.03. The molecule has 3 rings (SSSR count). The summed E-state index contributed by atoms with van der Waals surface area (Å²) in [5, 5.41) is 14.7. The van der Waals surface area contributed by atoms with E-state index in [1.165, 1.54) is 0 Å². The molecular formula is C27H34N2O5. The van der Waals surface area contributed by atoms with Gasteiger partial charge in [-0.2, -0.15) is 0 Å². The van der Waals surface area contributed by atoms with E-state index in [1.807, 2.05) is 45.0 Å². The van der Waals surface area contributed by atoms with Crippen molar-refractivity contribution in [1.82, 2.24) is 10.6 Å². The molecule has 2 aromatic rings. The smallest absolute Gasteiger partial charge is 0.407 e. The average Bonchev–Trinajstić information content (AvgIpc) is 3.12. The highest BCUT2D eigenvalue weighted by atomic mass is 16.5. The van der Waals surface area contributed by atoms with Gasteiger partial charge in [0.2, 0.25) is 5.91 Å². The molecule has 0 bridgehead atoms. The molecule has 0 aliphatic heterocycles. The van der Waals surface area contributed by atoms with E-state index in [1.54, 1.807) is 0 Å². The van der Waals surface area contributed by atoms with Crippen LogP contribution in [0.3, 0.4) is 0 Å². The highest BCUT2D eigenvalue weighted by molar-refractivity contribution is 5.83. The third-order valence-electron chi connectivity index (χ3n) is 6.24. The Labute approximate surface area is 200 Å². The molecule has 1 aliphatic rings. The number of amides is 2. The SMILES string of the molecule is CCCC[C@H](NC(=O)CCC(C)(C)NC(=O)OCC1c2ccccc2-c2ccccc21)C(=O)O. The number of alkyl carbamates (subject to hydrolysis) is 1. The number of carboxylic acid groups (broad SMARTS) is 1. The number of carbonyl (C=O) groups excluding carboxylic acids is 2. The molecule has 0 radical (unpaired) electrons. The van der Waals surface area contributed by atoms with Crippen molar-refractivity contribution in [2.45, 2.75) is 70.4 Å². The fourth-order valence-corrected chi connectivity index (χ4v) is 4.33. The molecule has 182 valence electrons. The standard InChI is InChI=1S/C27H34N2O5/c1-4-5-14-23(25(31)32)28-24(30)15-16-27(2,3)29-26(33)34-17-22-20-12-8-6-10-18(20)19-11-7-9-13-21(19)22/h6-13,22-23H,4-5,14-17H2,1-3H3,(H,28,30)(H,29,33)(H,31,32)/t23-/m0/s1. The predicted molar refractivity (Wildman–Crippen MR) is 131 cm³/mol. The molecule has 0 fully saturated rings. The van der Waals surface area contributed by atoms with Crippen molar-refractivity contribution < 1.29 is 24.2 Å². The molecule has 2 aromatic carbocycles. The van der Waals surface area contributed by atoms with Crippen LogP contribution in [0.2, 0.25) is 0 Å². The summed E-state index contributed by atoms with van der Waals surface area (Å²) in [7, 11) is 0. The van der Waals surface area contributed by atoms with Gasteiger partial charge in [-0.15, -0.1) is 0 Å². The molecule has 0 saturated heterocycles. The quantitative estimate of drug-likeness (QED) is 0.439. The number of rotatable bonds is 11. The van der Waals surface area contributed by atoms with Crippen LogP contribution in [0.25, 0.3) is 11.1 Å². The highest BCUT2D eigenvalue weighted by Gasteiger charge is 2.30. The molecular weight excluding hydrogens is 432 g/mol. The summed E-state index contributed by atoms with van der Waals surface area (Å²) >= 11 is 0. The van der Waals surface area contributed by atoms with E-state index in [0.717, 1.165) is 35.1 Å². The average molecular weight is 467 g/mol. The number of hydrogen-bond donors (Lipinski definition) is 3. The van der Waals surface area contributed by atoms with E-state index in [-0.39, 0.29) is 24.9 Å². The normalized spacial score (nSPS) is 13.5. The third kappa shape index (κ3) is 6.37. The van der Waals surface area contributed by atoms with Crippen LogP contribution in [-0.2, 0) is 14.3 Å². The van der Waals surface area contributed by atoms with Gasteiger partial charge in [0.15, 0.2) is 0 Å². The number of aliphatic carboxylic acids is 1. The Bertz CT molecular complexity index is 988. The molecule has 34 heavy (non-hydrogen) atoms. The summed E-state index contributed by atoms with van der Waals surface area (Å²) in [5.74, 6) is -1.40. The Morgan fingerprint density at radius 3 is 2.18 bits per heavy atom. The van der Waals surface area contributed by atoms with Crippen LogP contribution in [0.4, 0.5) is 4.79 Å². The van der Waals surface area contributed by atoms with Crippen LogP contribution in [-0.4, -0.2) is 41.3 Å². The van der Waals surface area contributed by atoms with Gasteiger partial charge in [-0.3, -0.25) is 4.79 Å². The molecule has 2 amide bonds. The second-order valence-electron chi connectivity index (χ2n) is 9.43. The maximum absolute atomic E-state index is 12.6. The van der Waals surface area contributed by atoms with Crippen LogP contribution in [0.5, 0.6) is 0 Å². The number of ether oxygens (including phenoxy) is 1. The number of carboxylic acids is 1. The lowest BCUT2D eigenvalue weighted by Crippen LogP contribution is -2.46. The Hall–Kier alpha value is -3.35. The molecule has 0 saturated carbocycles. The van der Waals surface area contributed by atoms with Gasteiger partial charge in [-0.05, 0) is 48.9 Å². The second kappa shape index (κ2) is 11.2. The number of unbranched alkanes of at least 4 members (excludes halogenated alkanes) is 1. The molecule has 7 heteroatoms. The number of hydrogen-bond acceptors (Lipinski definition) is 4. The summed E-state index contributed by atoms with van der Waals surface area (Å²) in [4.78, 5) is 36.2. The van der Waals surface area contributed by atoms with Crippen molar-refractivity contribution in [2.24, 2.45) is 0 Å². The maximum Gasteiger partial charge on any atom is 0.407 e. The van der Waals surface area contributed by atoms with Crippen LogP contribution in [0, 0.1) is 0 Å². The largest absolute Gasteiger partial charge is 0.480 e. The molecule has 7 nitrogen and oxygen atoms in total. The first-order valence-corrected chi connectivity index (χ1v) is 11.9. The van der Waals surface area contributed by atoms with Gasteiger partial charge >= 0.3 is 12.1 Å². The lowest BCUT2D eigenvalue weighted by atomic mass is 9.97. The zero-order chi connectivity index (χ0) is 24.7. The molecule has 1 aliphatic carbocycles. The van der Waals surface area contributed by atoms with Crippen molar-refractivity contribution in [1.29, 1.82) is 0 Å². The molecule has 0 spiro atoms. The van der Waals surface area contributed by atoms with Crippen molar-refractivity contribution in [3.63, 3.8) is 0 Å². The van der Waals surface area contributed by atoms with E-state index in [9.17, 15) is 19.5 Å². The zero-order valence-electron chi connectivity index (χ0n) is 20.1. The minimum Gasteiger partial charge on any atom is -0.480 e. The number of fused-ring (bicyclic) bond motifs is 3. The van der Waals surface area contributed by atoms with Crippen LogP contribution >= 0.6 is 0 Å². The predicted octanol–water partition coefficient (Wildman–Crippen LogP) is 4.84. The molecule has 1 atom stereocenters. The summed E-state index contributed by atoms with van der Waals surface area (Å²) < 4.78 is 5.59. The lowest BCUT2D eigenvalue weighted by Gasteiger charge is -2.26. The van der Waals surface area contributed by atoms with E-state index in [2.05, 4.69) is 34.9 Å². The monoisotopic (exact) mass is 466 g/mol. The van der Waals surface area contributed by atoms with E-state index in [0.29, 0.717) is 12.8 Å². The van der Waals surface area contributed by atoms with Gasteiger partial charge in [0.25, 0.3) is 0 Å². The zero-order valence-corrected chi connectivity index (χ0v) is 20.1. The summed E-state index contributed by atoms with van der Waals surface area (Å²) in [6.07, 6.45) is 1.90. The Kier molecular flexibility index (Phi) is 8.31. The van der Waals surface area contributed by atoms with Crippen LogP contribution in [0.1, 0.15) is 69.9 Å². The second-order valence-corrected chi connectivity index (χ2v) is 9.43. The van der Waals surface area contributed by atoms with Gasteiger partial charge in [-0.1, -0.05) is 68.3 Å². The van der Waals surface area contributed by atoms with Gasteiger partial charge in [0.1, 0.15) is 12.6 Å². The minimum absolute atomic E-state index is 0.0249. The summed E-state index contributed by atoms with van der Waals surface area (Å²) in [5.41, 5.74) is 3.92. The first kappa shape index (κ1) is 25.3. The van der Waals surface area contributed by atoms with Gasteiger partial charge in [0, 0.05) is 17.9 Å². The topological polar surface area (TPSA) is 105 Å². The fourth-order valence-electron chi connectivity index (χ4n) is 4.33. The van der Waals surface area contributed by atoms with E-state index >= 15 is 0 Å². The summed E-state index contributed by atoms with van der Waals surface area (Å²) in [6, 6.07) is 15.4. The number of nitrogens with one attached hydrogen (secondary N) is 2. The van der Waals surface area contributed by atoms with Crippen LogP contribution in [0.15, 0.2) is 48.5 Å². The first-order chi connectivity index (χ1) is 16.2. The Morgan fingerprint density at radius 1 is 1.03 bits per heavy atom. The van der Waals surface area contributed by atoms with E-state index < -0.39 is 23.6 Å². The maximum atomic E-state index is 12.6. The molecule has 0 aromatic heterocycles. The Morgan fingerprint density at radius 2 is 1.62 bits per heavy atom. The number of carbonyl (C=O) groups is 3. The Balaban J connectivity index is 1.51. The van der Waals surface area contributed by atoms with Gasteiger partial charge < -0.3 is 20.5 Å². The van der Waals surface area contributed by atoms with Crippen LogP contribution < -0.4 is 10.6 Å². The summed E-state index contributed by atoms with van der Waals surface area (Å²) in [6.45, 7) is 5.81. The lowest BCUT2D eigenvalue weighted by molar-refractivity contribution is -0.142. The van der Waals surface area contributed by atoms with Crippen molar-refractivity contribution in [3.05, 3.63) is 59.7 Å². The molecule has 0 heterocycles. The molecule has 3 N–H and O–H groups in total. The highest BCUT2D eigenvalue weighted by Crippen LogP contribution is 2.44. The third-order valence-corrected chi connectivity index (χ3v) is 6.24. The fraction of sp³-hybridized carbons (Fsp3) is 0.444. The van der Waals surface area contributed by atoms with Crippen molar-refractivity contribution in [3.8, 4) is 11.1 Å². The van der Waals surface area contributed by atoms with E-state index in [4.69, 9.17) is 4.74 Å². The first-order valence-electron chi connectivity index (χ1n) is 11.9. The van der Waals surface area contributed by atoms with Crippen molar-refractivity contribution in [2.75, 3.05) is 6.61 Å². The number of benzene rings is 2. The van der Waals surface area contributed by atoms with Crippen molar-refractivity contribution >= 4 is 18.0 Å². The van der Waals surface area contributed by atoms with Gasteiger partial charge in [-0.25, -0.2) is 9.59 Å².